The summed E-state index contributed by atoms with van der Waals surface area (Å²) < 4.78 is 5.01. The van der Waals surface area contributed by atoms with Gasteiger partial charge in [-0.25, -0.2) is 0 Å². The zero-order chi connectivity index (χ0) is 14.5. The molecule has 5 heteroatoms. The maximum atomic E-state index is 12.1. The van der Waals surface area contributed by atoms with Crippen molar-refractivity contribution >= 4 is 5.91 Å². The first kappa shape index (κ1) is 14.7. The fourth-order valence-electron chi connectivity index (χ4n) is 2.72. The van der Waals surface area contributed by atoms with E-state index in [0.717, 1.165) is 19.5 Å². The molecule has 20 heavy (non-hydrogen) atoms. The van der Waals surface area contributed by atoms with Crippen molar-refractivity contribution in [2.45, 2.75) is 25.8 Å². The Morgan fingerprint density at radius 3 is 3.05 bits per heavy atom. The quantitative estimate of drug-likeness (QED) is 0.859. The molecule has 0 radical (unpaired) electrons. The Hall–Kier alpha value is -1.75. The Kier molecular flexibility index (Phi) is 4.84. The van der Waals surface area contributed by atoms with E-state index in [-0.39, 0.29) is 17.2 Å². The lowest BCUT2D eigenvalue weighted by molar-refractivity contribution is 0.0938. The number of amides is 1. The van der Waals surface area contributed by atoms with Crippen molar-refractivity contribution in [3.63, 3.8) is 0 Å². The lowest BCUT2D eigenvalue weighted by Gasteiger charge is -2.23. The van der Waals surface area contributed by atoms with Gasteiger partial charge in [0.15, 0.2) is 11.5 Å². The number of carbonyl (C=O) groups is 1. The van der Waals surface area contributed by atoms with Crippen LogP contribution in [-0.2, 0) is 0 Å². The van der Waals surface area contributed by atoms with Gasteiger partial charge in [-0.15, -0.1) is 0 Å². The second-order valence-corrected chi connectivity index (χ2v) is 4.99. The average molecular weight is 278 g/mol. The van der Waals surface area contributed by atoms with Gasteiger partial charge in [-0.2, -0.15) is 0 Å². The third-order valence-electron chi connectivity index (χ3n) is 3.87. The molecular formula is C15H22N2O3. The molecule has 2 N–H and O–H groups in total. The highest BCUT2D eigenvalue weighted by atomic mass is 16.5. The van der Waals surface area contributed by atoms with E-state index in [4.69, 9.17) is 4.74 Å². The molecule has 1 unspecified atom stereocenters. The molecular weight excluding hydrogens is 256 g/mol. The Labute approximate surface area is 119 Å². The highest BCUT2D eigenvalue weighted by Gasteiger charge is 2.24. The predicted molar refractivity (Wildman–Crippen MR) is 77.3 cm³/mol. The van der Waals surface area contributed by atoms with Crippen LogP contribution in [0, 0.1) is 0 Å². The lowest BCUT2D eigenvalue weighted by atomic mass is 10.1. The van der Waals surface area contributed by atoms with Crippen molar-refractivity contribution in [1.82, 2.24) is 10.2 Å². The van der Waals surface area contributed by atoms with Crippen LogP contribution in [-0.4, -0.2) is 48.7 Å². The number of para-hydroxylation sites is 1. The second kappa shape index (κ2) is 6.61. The van der Waals surface area contributed by atoms with Crippen LogP contribution in [0.5, 0.6) is 11.5 Å². The van der Waals surface area contributed by atoms with E-state index in [1.54, 1.807) is 18.2 Å². The van der Waals surface area contributed by atoms with E-state index in [1.165, 1.54) is 13.5 Å². The van der Waals surface area contributed by atoms with Crippen LogP contribution in [0.1, 0.15) is 30.1 Å². The van der Waals surface area contributed by atoms with Crippen molar-refractivity contribution in [1.29, 1.82) is 0 Å². The molecule has 0 aromatic heterocycles. The monoisotopic (exact) mass is 278 g/mol. The fourth-order valence-corrected chi connectivity index (χ4v) is 2.72. The fraction of sp³-hybridized carbons (Fsp3) is 0.533. The van der Waals surface area contributed by atoms with Crippen LogP contribution >= 0.6 is 0 Å². The molecule has 1 heterocycles. The van der Waals surface area contributed by atoms with Crippen LogP contribution in [0.4, 0.5) is 0 Å². The van der Waals surface area contributed by atoms with Gasteiger partial charge >= 0.3 is 0 Å². The van der Waals surface area contributed by atoms with Gasteiger partial charge in [0.25, 0.3) is 5.91 Å². The number of methoxy groups -OCH3 is 1. The first-order chi connectivity index (χ1) is 9.67. The number of nitrogens with zero attached hydrogens (tertiary/aromatic N) is 1. The Morgan fingerprint density at radius 2 is 2.35 bits per heavy atom. The molecule has 1 saturated heterocycles. The first-order valence-electron chi connectivity index (χ1n) is 7.05. The van der Waals surface area contributed by atoms with E-state index < -0.39 is 0 Å². The van der Waals surface area contributed by atoms with Gasteiger partial charge in [0, 0.05) is 12.6 Å². The minimum absolute atomic E-state index is 0.105. The Bertz CT molecular complexity index is 476. The highest BCUT2D eigenvalue weighted by Crippen LogP contribution is 2.29. The van der Waals surface area contributed by atoms with E-state index in [2.05, 4.69) is 17.1 Å². The number of aromatic hydroxyl groups is 1. The number of phenolic OH excluding ortho intramolecular Hbond substituents is 1. The lowest BCUT2D eigenvalue weighted by Crippen LogP contribution is -2.40. The molecule has 1 aliphatic rings. The Balaban J connectivity index is 1.98. The molecule has 1 amide bonds. The molecule has 1 fully saturated rings. The van der Waals surface area contributed by atoms with E-state index in [1.807, 2.05) is 0 Å². The third-order valence-corrected chi connectivity index (χ3v) is 3.87. The van der Waals surface area contributed by atoms with Crippen molar-refractivity contribution in [3.8, 4) is 11.5 Å². The summed E-state index contributed by atoms with van der Waals surface area (Å²) in [5, 5.41) is 12.9. The maximum absolute atomic E-state index is 12.1. The summed E-state index contributed by atoms with van der Waals surface area (Å²) in [5.41, 5.74) is 0.255. The number of benzene rings is 1. The van der Waals surface area contributed by atoms with Crippen LogP contribution in [0.15, 0.2) is 18.2 Å². The van der Waals surface area contributed by atoms with Gasteiger partial charge in [-0.1, -0.05) is 13.0 Å². The molecule has 1 aliphatic heterocycles. The first-order valence-corrected chi connectivity index (χ1v) is 7.05. The molecule has 0 aliphatic carbocycles. The number of hydrogen-bond acceptors (Lipinski definition) is 4. The minimum atomic E-state index is -0.260. The topological polar surface area (TPSA) is 61.8 Å². The summed E-state index contributed by atoms with van der Waals surface area (Å²) in [6.45, 7) is 4.85. The maximum Gasteiger partial charge on any atom is 0.255 e. The molecule has 1 aromatic rings. The van der Waals surface area contributed by atoms with Crippen molar-refractivity contribution < 1.29 is 14.6 Å². The number of nitrogens with one attached hydrogen (secondary N) is 1. The third kappa shape index (κ3) is 3.04. The summed E-state index contributed by atoms with van der Waals surface area (Å²) >= 11 is 0. The Morgan fingerprint density at radius 1 is 1.55 bits per heavy atom. The van der Waals surface area contributed by atoms with E-state index in [0.29, 0.717) is 18.3 Å². The van der Waals surface area contributed by atoms with Crippen LogP contribution in [0.3, 0.4) is 0 Å². The SMILES string of the molecule is CCN1CCCC1CNC(=O)c1cccc(OC)c1O. The molecule has 110 valence electrons. The number of carbonyl (C=O) groups excluding carboxylic acids is 1. The number of likely N-dealkylation sites (N-methyl/N-ethyl adjacent to an activating group) is 1. The van der Waals surface area contributed by atoms with Crippen molar-refractivity contribution in [2.75, 3.05) is 26.7 Å². The van der Waals surface area contributed by atoms with Crippen molar-refractivity contribution in [3.05, 3.63) is 23.8 Å². The summed E-state index contributed by atoms with van der Waals surface area (Å²) in [6.07, 6.45) is 2.29. The van der Waals surface area contributed by atoms with Gasteiger partial charge in [0.05, 0.1) is 12.7 Å². The number of rotatable bonds is 5. The standard InChI is InChI=1S/C15H22N2O3/c1-3-17-9-5-6-11(17)10-16-15(19)12-7-4-8-13(20-2)14(12)18/h4,7-8,11,18H,3,5-6,9-10H2,1-2H3,(H,16,19). The molecule has 0 saturated carbocycles. The van der Waals surface area contributed by atoms with Crippen LogP contribution in [0.25, 0.3) is 0 Å². The zero-order valence-corrected chi connectivity index (χ0v) is 12.1. The van der Waals surface area contributed by atoms with Crippen LogP contribution in [0.2, 0.25) is 0 Å². The molecule has 1 atom stereocenters. The van der Waals surface area contributed by atoms with E-state index >= 15 is 0 Å². The predicted octanol–water partition coefficient (Wildman–Crippen LogP) is 1.61. The number of hydrogen-bond donors (Lipinski definition) is 2. The summed E-state index contributed by atoms with van der Waals surface area (Å²) in [7, 11) is 1.47. The summed E-state index contributed by atoms with van der Waals surface area (Å²) in [5.74, 6) is -0.0516. The van der Waals surface area contributed by atoms with E-state index in [9.17, 15) is 9.90 Å². The number of likely N-dealkylation sites (tertiary alicyclic amines) is 1. The molecule has 5 nitrogen and oxygen atoms in total. The zero-order valence-electron chi connectivity index (χ0n) is 12.1. The second-order valence-electron chi connectivity index (χ2n) is 4.99. The highest BCUT2D eigenvalue weighted by molar-refractivity contribution is 5.97. The average Bonchev–Trinajstić information content (AvgIpc) is 2.92. The summed E-state index contributed by atoms with van der Waals surface area (Å²) in [4.78, 5) is 14.5. The van der Waals surface area contributed by atoms with Crippen LogP contribution < -0.4 is 10.1 Å². The normalized spacial score (nSPS) is 19.0. The summed E-state index contributed by atoms with van der Waals surface area (Å²) in [6, 6.07) is 5.32. The molecule has 0 spiro atoms. The molecule has 2 rings (SSSR count). The van der Waals surface area contributed by atoms with Gasteiger partial charge in [-0.3, -0.25) is 9.69 Å². The molecule has 1 aromatic carbocycles. The number of ether oxygens (including phenoxy) is 1. The largest absolute Gasteiger partial charge is 0.504 e. The smallest absolute Gasteiger partial charge is 0.255 e. The minimum Gasteiger partial charge on any atom is -0.504 e. The number of phenols is 1. The van der Waals surface area contributed by atoms with Gasteiger partial charge < -0.3 is 15.2 Å². The van der Waals surface area contributed by atoms with Crippen molar-refractivity contribution in [2.24, 2.45) is 0 Å². The van der Waals surface area contributed by atoms with Gasteiger partial charge in [0.1, 0.15) is 0 Å². The van der Waals surface area contributed by atoms with Gasteiger partial charge in [0.2, 0.25) is 0 Å². The van der Waals surface area contributed by atoms with Gasteiger partial charge in [-0.05, 0) is 38.1 Å². The molecule has 0 bridgehead atoms.